The van der Waals surface area contributed by atoms with Crippen molar-refractivity contribution in [3.8, 4) is 0 Å². The van der Waals surface area contributed by atoms with Gasteiger partial charge in [0.2, 0.25) is 5.91 Å². The van der Waals surface area contributed by atoms with Crippen molar-refractivity contribution in [2.75, 3.05) is 19.0 Å². The normalized spacial score (nSPS) is 12.5. The zero-order valence-electron chi connectivity index (χ0n) is 14.8. The first-order valence-corrected chi connectivity index (χ1v) is 7.85. The maximum Gasteiger partial charge on any atom is 0.224 e. The summed E-state index contributed by atoms with van der Waals surface area (Å²) in [6.45, 7) is 7.02. The Morgan fingerprint density at radius 3 is 2.67 bits per heavy atom. The van der Waals surface area contributed by atoms with Crippen molar-refractivity contribution < 1.29 is 9.53 Å². The fourth-order valence-corrected chi connectivity index (χ4v) is 2.10. The number of nitrogens with zero attached hydrogens (tertiary/aromatic N) is 1. The molecule has 7 heteroatoms. The molecule has 0 saturated carbocycles. The molecule has 1 aromatic rings. The fraction of sp³-hybridized carbons (Fsp3) is 0.529. The van der Waals surface area contributed by atoms with E-state index in [9.17, 15) is 4.79 Å². The SMILES string of the molecule is COCC(C)NC(N)=NCc1cccc(NC(=O)CC(C)C)c1.I. The average Bonchev–Trinajstić information content (AvgIpc) is 2.44. The van der Waals surface area contributed by atoms with Gasteiger partial charge in [-0.05, 0) is 30.5 Å². The number of aliphatic imine (C=N–C) groups is 1. The van der Waals surface area contributed by atoms with Crippen LogP contribution in [0.5, 0.6) is 0 Å². The van der Waals surface area contributed by atoms with Gasteiger partial charge < -0.3 is 21.1 Å². The molecule has 1 amide bonds. The summed E-state index contributed by atoms with van der Waals surface area (Å²) in [5.74, 6) is 0.738. The third-order valence-corrected chi connectivity index (χ3v) is 3.05. The van der Waals surface area contributed by atoms with Crippen LogP contribution in [0.1, 0.15) is 32.8 Å². The highest BCUT2D eigenvalue weighted by molar-refractivity contribution is 14.0. The quantitative estimate of drug-likeness (QED) is 0.324. The third kappa shape index (κ3) is 9.71. The van der Waals surface area contributed by atoms with Crippen LogP contribution < -0.4 is 16.4 Å². The van der Waals surface area contributed by atoms with E-state index in [2.05, 4.69) is 15.6 Å². The number of guanidine groups is 1. The van der Waals surface area contributed by atoms with Crippen molar-refractivity contribution in [3.63, 3.8) is 0 Å². The first-order valence-electron chi connectivity index (χ1n) is 7.85. The van der Waals surface area contributed by atoms with Crippen molar-refractivity contribution >= 4 is 41.5 Å². The fourth-order valence-electron chi connectivity index (χ4n) is 2.10. The van der Waals surface area contributed by atoms with Crippen LogP contribution in [0.4, 0.5) is 5.69 Å². The number of hydrogen-bond acceptors (Lipinski definition) is 3. The first kappa shape index (κ1) is 22.6. The summed E-state index contributed by atoms with van der Waals surface area (Å²) in [5.41, 5.74) is 7.60. The number of methoxy groups -OCH3 is 1. The number of hydrogen-bond donors (Lipinski definition) is 3. The molecule has 0 saturated heterocycles. The molecule has 0 fully saturated rings. The van der Waals surface area contributed by atoms with Gasteiger partial charge in [-0.2, -0.15) is 0 Å². The van der Waals surface area contributed by atoms with Gasteiger partial charge in [-0.1, -0.05) is 26.0 Å². The van der Waals surface area contributed by atoms with Crippen LogP contribution in [-0.2, 0) is 16.1 Å². The zero-order valence-corrected chi connectivity index (χ0v) is 17.2. The van der Waals surface area contributed by atoms with Crippen molar-refractivity contribution in [1.29, 1.82) is 0 Å². The average molecular weight is 448 g/mol. The molecule has 6 nitrogen and oxygen atoms in total. The molecule has 0 heterocycles. The largest absolute Gasteiger partial charge is 0.383 e. The van der Waals surface area contributed by atoms with Gasteiger partial charge in [-0.3, -0.25) is 4.79 Å². The van der Waals surface area contributed by atoms with Crippen molar-refractivity contribution in [2.45, 2.75) is 39.8 Å². The molecule has 0 aliphatic rings. The lowest BCUT2D eigenvalue weighted by atomic mass is 10.1. The van der Waals surface area contributed by atoms with Gasteiger partial charge in [0.05, 0.1) is 13.2 Å². The molecule has 1 rings (SSSR count). The smallest absolute Gasteiger partial charge is 0.224 e. The number of nitrogens with one attached hydrogen (secondary N) is 2. The molecule has 0 aromatic heterocycles. The van der Waals surface area contributed by atoms with Crippen LogP contribution in [0.3, 0.4) is 0 Å². The lowest BCUT2D eigenvalue weighted by Gasteiger charge is -2.13. The van der Waals surface area contributed by atoms with E-state index in [0.29, 0.717) is 31.4 Å². The topological polar surface area (TPSA) is 88.7 Å². The molecule has 1 atom stereocenters. The van der Waals surface area contributed by atoms with Crippen LogP contribution in [0.2, 0.25) is 0 Å². The van der Waals surface area contributed by atoms with Crippen molar-refractivity contribution in [1.82, 2.24) is 5.32 Å². The molecular formula is C17H29IN4O2. The first-order chi connectivity index (χ1) is 10.9. The highest BCUT2D eigenvalue weighted by Gasteiger charge is 2.06. The summed E-state index contributed by atoms with van der Waals surface area (Å²) < 4.78 is 5.03. The Balaban J connectivity index is 0.00000529. The minimum atomic E-state index is 0. The second-order valence-corrected chi connectivity index (χ2v) is 6.05. The Kier molecular flexibility index (Phi) is 11.4. The Morgan fingerprint density at radius 1 is 1.33 bits per heavy atom. The van der Waals surface area contributed by atoms with E-state index < -0.39 is 0 Å². The highest BCUT2D eigenvalue weighted by atomic mass is 127. The van der Waals surface area contributed by atoms with Crippen LogP contribution >= 0.6 is 24.0 Å². The summed E-state index contributed by atoms with van der Waals surface area (Å²) in [6, 6.07) is 7.73. The monoisotopic (exact) mass is 448 g/mol. The van der Waals surface area contributed by atoms with Gasteiger partial charge in [0.1, 0.15) is 0 Å². The number of halogens is 1. The Morgan fingerprint density at radius 2 is 2.04 bits per heavy atom. The van der Waals surface area contributed by atoms with Crippen LogP contribution in [-0.4, -0.2) is 31.6 Å². The van der Waals surface area contributed by atoms with E-state index in [4.69, 9.17) is 10.5 Å². The number of carbonyl (C=O) groups excluding carboxylic acids is 1. The predicted molar refractivity (Wildman–Crippen MR) is 110 cm³/mol. The number of benzene rings is 1. The highest BCUT2D eigenvalue weighted by Crippen LogP contribution is 2.13. The van der Waals surface area contributed by atoms with Crippen molar-refractivity contribution in [3.05, 3.63) is 29.8 Å². The van der Waals surface area contributed by atoms with Crippen LogP contribution in [0.25, 0.3) is 0 Å². The summed E-state index contributed by atoms with van der Waals surface area (Å²) in [7, 11) is 1.64. The summed E-state index contributed by atoms with van der Waals surface area (Å²) >= 11 is 0. The standard InChI is InChI=1S/C17H28N4O2.HI/c1-12(2)8-16(22)21-15-7-5-6-14(9-15)10-19-17(18)20-13(3)11-23-4;/h5-7,9,12-13H,8,10-11H2,1-4H3,(H,21,22)(H3,18,19,20);1H. The number of amides is 1. The second kappa shape index (κ2) is 12.1. The maximum atomic E-state index is 11.8. The number of ether oxygens (including phenoxy) is 1. The molecule has 0 spiro atoms. The van der Waals surface area contributed by atoms with E-state index in [1.807, 2.05) is 45.0 Å². The minimum Gasteiger partial charge on any atom is -0.383 e. The minimum absolute atomic E-state index is 0. The third-order valence-electron chi connectivity index (χ3n) is 3.05. The number of nitrogens with two attached hydrogens (primary N) is 1. The number of carbonyl (C=O) groups is 1. The maximum absolute atomic E-state index is 11.8. The lowest BCUT2D eigenvalue weighted by Crippen LogP contribution is -2.40. The van der Waals surface area contributed by atoms with Gasteiger partial charge in [0.15, 0.2) is 5.96 Å². The molecule has 0 aliphatic heterocycles. The second-order valence-electron chi connectivity index (χ2n) is 6.05. The van der Waals surface area contributed by atoms with Gasteiger partial charge in [0, 0.05) is 25.3 Å². The summed E-state index contributed by atoms with van der Waals surface area (Å²) in [6.07, 6.45) is 0.511. The molecule has 0 aliphatic carbocycles. The molecule has 1 unspecified atom stereocenters. The van der Waals surface area contributed by atoms with Gasteiger partial charge in [-0.15, -0.1) is 24.0 Å². The van der Waals surface area contributed by atoms with Gasteiger partial charge in [0.25, 0.3) is 0 Å². The number of anilines is 1. The van der Waals surface area contributed by atoms with Crippen LogP contribution in [0, 0.1) is 5.92 Å². The zero-order chi connectivity index (χ0) is 17.2. The molecule has 4 N–H and O–H groups in total. The van der Waals surface area contributed by atoms with E-state index >= 15 is 0 Å². The summed E-state index contributed by atoms with van der Waals surface area (Å²) in [4.78, 5) is 16.1. The summed E-state index contributed by atoms with van der Waals surface area (Å²) in [5, 5.41) is 5.95. The van der Waals surface area contributed by atoms with Crippen molar-refractivity contribution in [2.24, 2.45) is 16.6 Å². The van der Waals surface area contributed by atoms with Gasteiger partial charge >= 0.3 is 0 Å². The Labute approximate surface area is 161 Å². The predicted octanol–water partition coefficient (Wildman–Crippen LogP) is 2.73. The van der Waals surface area contributed by atoms with Gasteiger partial charge in [-0.25, -0.2) is 4.99 Å². The lowest BCUT2D eigenvalue weighted by molar-refractivity contribution is -0.116. The molecule has 1 aromatic carbocycles. The van der Waals surface area contributed by atoms with E-state index in [1.165, 1.54) is 0 Å². The number of rotatable bonds is 8. The van der Waals surface area contributed by atoms with Crippen LogP contribution in [0.15, 0.2) is 29.3 Å². The Bertz CT molecular complexity index is 535. The molecule has 136 valence electrons. The van der Waals surface area contributed by atoms with E-state index in [1.54, 1.807) is 7.11 Å². The molecular weight excluding hydrogens is 419 g/mol. The Hall–Kier alpha value is -1.35. The molecule has 24 heavy (non-hydrogen) atoms. The molecule has 0 bridgehead atoms. The molecule has 0 radical (unpaired) electrons. The van der Waals surface area contributed by atoms with E-state index in [-0.39, 0.29) is 35.9 Å². The van der Waals surface area contributed by atoms with E-state index in [0.717, 1.165) is 11.3 Å².